The van der Waals surface area contributed by atoms with Gasteiger partial charge in [0.15, 0.2) is 0 Å². The Morgan fingerprint density at radius 1 is 1.08 bits per heavy atom. The van der Waals surface area contributed by atoms with Crippen LogP contribution in [0.15, 0.2) is 24.3 Å². The van der Waals surface area contributed by atoms with Crippen molar-refractivity contribution in [1.29, 1.82) is 0 Å². The zero-order valence-corrected chi connectivity index (χ0v) is 15.1. The van der Waals surface area contributed by atoms with Gasteiger partial charge in [-0.15, -0.1) is 0 Å². The zero-order chi connectivity index (χ0) is 17.1. The van der Waals surface area contributed by atoms with Gasteiger partial charge < -0.3 is 10.1 Å². The van der Waals surface area contributed by atoms with Crippen LogP contribution >= 0.6 is 0 Å². The average Bonchev–Trinajstić information content (AvgIpc) is 3.15. The number of nitrogens with zero attached hydrogens (tertiary/aromatic N) is 1. The van der Waals surface area contributed by atoms with Crippen LogP contribution in [0, 0.1) is 0 Å². The fourth-order valence-electron chi connectivity index (χ4n) is 4.66. The molecule has 25 heavy (non-hydrogen) atoms. The van der Waals surface area contributed by atoms with Gasteiger partial charge >= 0.3 is 0 Å². The maximum Gasteiger partial charge on any atom is 0.251 e. The van der Waals surface area contributed by atoms with Crippen molar-refractivity contribution in [3.05, 3.63) is 35.4 Å². The van der Waals surface area contributed by atoms with Crippen LogP contribution in [0.1, 0.15) is 66.8 Å². The number of carbonyl (C=O) groups excluding carboxylic acids is 1. The number of nitrogens with one attached hydrogen (secondary N) is 1. The highest BCUT2D eigenvalue weighted by Gasteiger charge is 2.32. The molecule has 136 valence electrons. The smallest absolute Gasteiger partial charge is 0.251 e. The summed E-state index contributed by atoms with van der Waals surface area (Å²) in [4.78, 5) is 14.9. The molecule has 1 N–H and O–H groups in total. The maximum absolute atomic E-state index is 12.4. The van der Waals surface area contributed by atoms with Crippen LogP contribution in [0.4, 0.5) is 0 Å². The lowest BCUT2D eigenvalue weighted by Crippen LogP contribution is -2.50. The summed E-state index contributed by atoms with van der Waals surface area (Å²) >= 11 is 0. The fraction of sp³-hybridized carbons (Fsp3) is 0.667. The van der Waals surface area contributed by atoms with Gasteiger partial charge in [-0.25, -0.2) is 0 Å². The van der Waals surface area contributed by atoms with Crippen molar-refractivity contribution in [2.45, 2.75) is 63.0 Å². The Labute approximate surface area is 150 Å². The molecule has 1 aromatic carbocycles. The molecular formula is C21H30N2O2. The summed E-state index contributed by atoms with van der Waals surface area (Å²) in [6, 6.07) is 8.88. The number of morpholine rings is 1. The van der Waals surface area contributed by atoms with Gasteiger partial charge in [0.2, 0.25) is 0 Å². The van der Waals surface area contributed by atoms with Gasteiger partial charge in [-0.05, 0) is 55.8 Å². The third kappa shape index (κ3) is 4.06. The molecule has 1 saturated carbocycles. The lowest BCUT2D eigenvalue weighted by atomic mass is 9.84. The Morgan fingerprint density at radius 3 is 2.68 bits per heavy atom. The van der Waals surface area contributed by atoms with E-state index in [1.807, 2.05) is 12.1 Å². The summed E-state index contributed by atoms with van der Waals surface area (Å²) in [6.45, 7) is 3.55. The van der Waals surface area contributed by atoms with E-state index in [9.17, 15) is 4.79 Å². The molecule has 2 heterocycles. The van der Waals surface area contributed by atoms with E-state index in [0.717, 1.165) is 18.7 Å². The van der Waals surface area contributed by atoms with E-state index in [1.54, 1.807) is 0 Å². The van der Waals surface area contributed by atoms with Crippen LogP contribution in [0.25, 0.3) is 0 Å². The summed E-state index contributed by atoms with van der Waals surface area (Å²) in [5.74, 6) is 0.706. The van der Waals surface area contributed by atoms with Crippen molar-refractivity contribution in [2.24, 2.45) is 0 Å². The molecule has 4 nitrogen and oxygen atoms in total. The minimum absolute atomic E-state index is 0.0161. The Bertz CT molecular complexity index is 580. The minimum atomic E-state index is 0.0161. The molecular weight excluding hydrogens is 312 g/mol. The predicted octanol–water partition coefficient (Wildman–Crippen LogP) is 3.33. The Morgan fingerprint density at radius 2 is 1.88 bits per heavy atom. The van der Waals surface area contributed by atoms with Crippen molar-refractivity contribution < 1.29 is 9.53 Å². The first-order chi connectivity index (χ1) is 12.3. The first-order valence-electron chi connectivity index (χ1n) is 10.0. The molecule has 0 aromatic heterocycles. The van der Waals surface area contributed by atoms with E-state index in [0.29, 0.717) is 18.5 Å². The molecule has 2 saturated heterocycles. The molecule has 1 amide bonds. The molecule has 1 aromatic rings. The molecule has 3 aliphatic rings. The van der Waals surface area contributed by atoms with Crippen LogP contribution in [0.2, 0.25) is 0 Å². The largest absolute Gasteiger partial charge is 0.373 e. The third-order valence-electron chi connectivity index (χ3n) is 6.20. The standard InChI is InChI=1S/C21H30N2O2/c24-21(22-13-20-14-23-12-4-7-19(23)15-25-20)18-10-8-17(9-11-18)16-5-2-1-3-6-16/h8-11,16,19-20H,1-7,12-15H2,(H,22,24)/t19-,20+/m0/s1. The van der Waals surface area contributed by atoms with Crippen LogP contribution < -0.4 is 5.32 Å². The van der Waals surface area contributed by atoms with E-state index >= 15 is 0 Å². The molecule has 0 unspecified atom stereocenters. The highest BCUT2D eigenvalue weighted by molar-refractivity contribution is 5.94. The number of fused-ring (bicyclic) bond motifs is 1. The molecule has 0 radical (unpaired) electrons. The van der Waals surface area contributed by atoms with E-state index < -0.39 is 0 Å². The second-order valence-corrected chi connectivity index (χ2v) is 7.91. The fourth-order valence-corrected chi connectivity index (χ4v) is 4.66. The Hall–Kier alpha value is -1.39. The Balaban J connectivity index is 1.27. The molecule has 2 aliphatic heterocycles. The van der Waals surface area contributed by atoms with Gasteiger partial charge in [0.25, 0.3) is 5.91 Å². The van der Waals surface area contributed by atoms with Gasteiger partial charge in [-0.3, -0.25) is 9.69 Å². The molecule has 4 heteroatoms. The van der Waals surface area contributed by atoms with Gasteiger partial charge in [-0.1, -0.05) is 31.4 Å². The summed E-state index contributed by atoms with van der Waals surface area (Å²) in [7, 11) is 0. The lowest BCUT2D eigenvalue weighted by Gasteiger charge is -2.35. The van der Waals surface area contributed by atoms with E-state index in [-0.39, 0.29) is 12.0 Å². The highest BCUT2D eigenvalue weighted by Crippen LogP contribution is 2.32. The minimum Gasteiger partial charge on any atom is -0.373 e. The molecule has 0 bridgehead atoms. The van der Waals surface area contributed by atoms with Crippen molar-refractivity contribution in [2.75, 3.05) is 26.2 Å². The van der Waals surface area contributed by atoms with Gasteiger partial charge in [0.1, 0.15) is 0 Å². The Kier molecular flexibility index (Phi) is 5.37. The maximum atomic E-state index is 12.4. The topological polar surface area (TPSA) is 41.6 Å². The van der Waals surface area contributed by atoms with E-state index in [2.05, 4.69) is 22.3 Å². The average molecular weight is 342 g/mol. The van der Waals surface area contributed by atoms with Gasteiger partial charge in [0, 0.05) is 24.7 Å². The number of carbonyl (C=O) groups is 1. The van der Waals surface area contributed by atoms with Crippen LogP contribution in [0.3, 0.4) is 0 Å². The van der Waals surface area contributed by atoms with Crippen LogP contribution in [-0.2, 0) is 4.74 Å². The number of amides is 1. The number of rotatable bonds is 4. The monoisotopic (exact) mass is 342 g/mol. The van der Waals surface area contributed by atoms with Crippen LogP contribution in [0.5, 0.6) is 0 Å². The first kappa shape index (κ1) is 17.0. The summed E-state index contributed by atoms with van der Waals surface area (Å²) < 4.78 is 5.92. The predicted molar refractivity (Wildman–Crippen MR) is 98.9 cm³/mol. The van der Waals surface area contributed by atoms with Gasteiger partial charge in [0.05, 0.1) is 12.7 Å². The molecule has 4 rings (SSSR count). The quantitative estimate of drug-likeness (QED) is 0.912. The van der Waals surface area contributed by atoms with Crippen molar-refractivity contribution in [3.8, 4) is 0 Å². The summed E-state index contributed by atoms with van der Waals surface area (Å²) in [6.07, 6.45) is 9.30. The van der Waals surface area contributed by atoms with Crippen LogP contribution in [-0.4, -0.2) is 49.2 Å². The van der Waals surface area contributed by atoms with Crippen molar-refractivity contribution >= 4 is 5.91 Å². The van der Waals surface area contributed by atoms with E-state index in [4.69, 9.17) is 4.74 Å². The lowest BCUT2D eigenvalue weighted by molar-refractivity contribution is -0.0461. The van der Waals surface area contributed by atoms with Crippen molar-refractivity contribution in [1.82, 2.24) is 10.2 Å². The normalized spacial score (nSPS) is 27.8. The SMILES string of the molecule is O=C(NC[C@@H]1CN2CCC[C@H]2CO1)c1ccc(C2CCCCC2)cc1. The van der Waals surface area contributed by atoms with Gasteiger partial charge in [-0.2, -0.15) is 0 Å². The first-order valence-corrected chi connectivity index (χ1v) is 10.0. The molecule has 3 fully saturated rings. The second-order valence-electron chi connectivity index (χ2n) is 7.91. The second kappa shape index (κ2) is 7.88. The molecule has 0 spiro atoms. The van der Waals surface area contributed by atoms with Crippen molar-refractivity contribution in [3.63, 3.8) is 0 Å². The number of ether oxygens (including phenoxy) is 1. The highest BCUT2D eigenvalue weighted by atomic mass is 16.5. The number of hydrogen-bond acceptors (Lipinski definition) is 3. The molecule has 1 aliphatic carbocycles. The summed E-state index contributed by atoms with van der Waals surface area (Å²) in [5.41, 5.74) is 2.15. The third-order valence-corrected chi connectivity index (χ3v) is 6.20. The van der Waals surface area contributed by atoms with E-state index in [1.165, 1.54) is 57.1 Å². The number of hydrogen-bond donors (Lipinski definition) is 1. The molecule has 2 atom stereocenters. The zero-order valence-electron chi connectivity index (χ0n) is 15.1. The summed E-state index contributed by atoms with van der Waals surface area (Å²) in [5, 5.41) is 3.06. The number of benzene rings is 1.